The van der Waals surface area contributed by atoms with E-state index in [4.69, 9.17) is 9.15 Å². The van der Waals surface area contributed by atoms with E-state index in [1.54, 1.807) is 0 Å². The summed E-state index contributed by atoms with van der Waals surface area (Å²) in [6, 6.07) is 9.80. The Morgan fingerprint density at radius 3 is 2.87 bits per heavy atom. The van der Waals surface area contributed by atoms with Crippen molar-refractivity contribution in [2.24, 2.45) is 0 Å². The molecular formula is C18H21NO4. The van der Waals surface area contributed by atoms with E-state index in [0.717, 1.165) is 12.8 Å². The van der Waals surface area contributed by atoms with E-state index < -0.39 is 5.43 Å². The standard InChI is InChI=1S/C18H21NO4/c1-12-5-3-4-6-15(12)18-9-19(13(2)10-23-18)8-14-7-16(20)17(21)11-22-14/h3-7,11,13,18,21H,8-10H2,1-2H3/t13-,18-/m1/s1. The Labute approximate surface area is 135 Å². The van der Waals surface area contributed by atoms with Gasteiger partial charge < -0.3 is 14.3 Å². The number of morpholine rings is 1. The zero-order valence-electron chi connectivity index (χ0n) is 13.4. The summed E-state index contributed by atoms with van der Waals surface area (Å²) < 4.78 is 11.3. The van der Waals surface area contributed by atoms with Gasteiger partial charge >= 0.3 is 0 Å². The summed E-state index contributed by atoms with van der Waals surface area (Å²) in [5.41, 5.74) is 1.99. The lowest BCUT2D eigenvalue weighted by molar-refractivity contribution is -0.0654. The highest BCUT2D eigenvalue weighted by Gasteiger charge is 2.28. The van der Waals surface area contributed by atoms with Crippen LogP contribution in [0.2, 0.25) is 0 Å². The molecule has 0 unspecified atom stereocenters. The van der Waals surface area contributed by atoms with Gasteiger partial charge in [0.25, 0.3) is 0 Å². The zero-order valence-corrected chi connectivity index (χ0v) is 13.4. The van der Waals surface area contributed by atoms with E-state index in [1.807, 2.05) is 12.1 Å². The largest absolute Gasteiger partial charge is 0.502 e. The third-order valence-electron chi connectivity index (χ3n) is 4.32. The summed E-state index contributed by atoms with van der Waals surface area (Å²) in [4.78, 5) is 13.8. The molecule has 0 saturated carbocycles. The van der Waals surface area contributed by atoms with Crippen LogP contribution < -0.4 is 5.43 Å². The van der Waals surface area contributed by atoms with E-state index >= 15 is 0 Å². The number of nitrogens with zero attached hydrogens (tertiary/aromatic N) is 1. The summed E-state index contributed by atoms with van der Waals surface area (Å²) in [6.45, 7) is 6.05. The molecule has 1 fully saturated rings. The van der Waals surface area contributed by atoms with Gasteiger partial charge in [-0.15, -0.1) is 0 Å². The van der Waals surface area contributed by atoms with Crippen molar-refractivity contribution in [1.82, 2.24) is 4.90 Å². The average molecular weight is 315 g/mol. The lowest BCUT2D eigenvalue weighted by Crippen LogP contribution is -2.44. The molecule has 1 aliphatic heterocycles. The molecule has 0 aliphatic carbocycles. The Bertz CT molecular complexity index is 740. The van der Waals surface area contributed by atoms with Crippen molar-refractivity contribution >= 4 is 0 Å². The van der Waals surface area contributed by atoms with Crippen LogP contribution in [-0.2, 0) is 11.3 Å². The number of ether oxygens (including phenoxy) is 1. The lowest BCUT2D eigenvalue weighted by Gasteiger charge is -2.38. The molecule has 1 aromatic heterocycles. The van der Waals surface area contributed by atoms with Crippen LogP contribution in [0.15, 0.2) is 45.8 Å². The highest BCUT2D eigenvalue weighted by molar-refractivity contribution is 5.28. The van der Waals surface area contributed by atoms with E-state index in [-0.39, 0.29) is 17.9 Å². The molecule has 1 N–H and O–H groups in total. The first-order valence-electron chi connectivity index (χ1n) is 7.76. The molecule has 2 atom stereocenters. The first-order valence-corrected chi connectivity index (χ1v) is 7.76. The van der Waals surface area contributed by atoms with E-state index in [9.17, 15) is 9.90 Å². The van der Waals surface area contributed by atoms with Crippen molar-refractivity contribution in [2.45, 2.75) is 32.5 Å². The highest BCUT2D eigenvalue weighted by atomic mass is 16.5. The molecule has 1 saturated heterocycles. The number of hydrogen-bond donors (Lipinski definition) is 1. The Kier molecular flexibility index (Phi) is 4.50. The Morgan fingerprint density at radius 2 is 2.13 bits per heavy atom. The van der Waals surface area contributed by atoms with Crippen LogP contribution in [0.1, 0.15) is 29.9 Å². The topological polar surface area (TPSA) is 62.9 Å². The minimum Gasteiger partial charge on any atom is -0.502 e. The van der Waals surface area contributed by atoms with Crippen LogP contribution >= 0.6 is 0 Å². The van der Waals surface area contributed by atoms with Crippen molar-refractivity contribution in [3.05, 3.63) is 63.7 Å². The summed E-state index contributed by atoms with van der Waals surface area (Å²) in [5.74, 6) is 0.187. The normalized spacial score (nSPS) is 22.2. The second-order valence-corrected chi connectivity index (χ2v) is 6.05. The molecule has 0 spiro atoms. The second-order valence-electron chi connectivity index (χ2n) is 6.05. The zero-order chi connectivity index (χ0) is 16.4. The fraction of sp³-hybridized carbons (Fsp3) is 0.389. The molecule has 0 amide bonds. The minimum absolute atomic E-state index is 0.0104. The van der Waals surface area contributed by atoms with Gasteiger partial charge in [0, 0.05) is 18.7 Å². The molecule has 1 aliphatic rings. The van der Waals surface area contributed by atoms with Crippen LogP contribution in [0, 0.1) is 6.92 Å². The second kappa shape index (κ2) is 6.56. The smallest absolute Gasteiger partial charge is 0.226 e. The van der Waals surface area contributed by atoms with Crippen LogP contribution in [-0.4, -0.2) is 29.2 Å². The van der Waals surface area contributed by atoms with Gasteiger partial charge in [-0.2, -0.15) is 0 Å². The SMILES string of the molecule is Cc1ccccc1[C@H]1CN(Cc2cc(=O)c(O)co2)[C@H](C)CO1. The van der Waals surface area contributed by atoms with Crippen molar-refractivity contribution in [2.75, 3.05) is 13.2 Å². The third-order valence-corrected chi connectivity index (χ3v) is 4.32. The molecule has 3 rings (SSSR count). The molecule has 1 aromatic carbocycles. The number of aryl methyl sites for hydroxylation is 1. The maximum absolute atomic E-state index is 11.5. The number of benzene rings is 1. The average Bonchev–Trinajstić information content (AvgIpc) is 2.54. The fourth-order valence-corrected chi connectivity index (χ4v) is 2.89. The fourth-order valence-electron chi connectivity index (χ4n) is 2.89. The van der Waals surface area contributed by atoms with Crippen LogP contribution in [0.25, 0.3) is 0 Å². The van der Waals surface area contributed by atoms with Gasteiger partial charge in [0.15, 0.2) is 5.75 Å². The molecular weight excluding hydrogens is 294 g/mol. The van der Waals surface area contributed by atoms with Gasteiger partial charge in [-0.3, -0.25) is 9.69 Å². The van der Waals surface area contributed by atoms with Gasteiger partial charge in [-0.1, -0.05) is 24.3 Å². The monoisotopic (exact) mass is 315 g/mol. The van der Waals surface area contributed by atoms with Crippen molar-refractivity contribution in [3.63, 3.8) is 0 Å². The molecule has 0 radical (unpaired) electrons. The summed E-state index contributed by atoms with van der Waals surface area (Å²) in [6.07, 6.45) is 1.11. The van der Waals surface area contributed by atoms with Gasteiger partial charge in [0.2, 0.25) is 5.43 Å². The maximum atomic E-state index is 11.5. The highest BCUT2D eigenvalue weighted by Crippen LogP contribution is 2.28. The number of rotatable bonds is 3. The molecule has 5 heteroatoms. The molecule has 0 bridgehead atoms. The molecule has 122 valence electrons. The van der Waals surface area contributed by atoms with E-state index in [1.165, 1.54) is 17.2 Å². The lowest BCUT2D eigenvalue weighted by atomic mass is 10.0. The van der Waals surface area contributed by atoms with Gasteiger partial charge in [0.1, 0.15) is 12.0 Å². The maximum Gasteiger partial charge on any atom is 0.226 e. The predicted molar refractivity (Wildman–Crippen MR) is 86.4 cm³/mol. The summed E-state index contributed by atoms with van der Waals surface area (Å²) in [5, 5.41) is 9.28. The van der Waals surface area contributed by atoms with Crippen LogP contribution in [0.3, 0.4) is 0 Å². The van der Waals surface area contributed by atoms with E-state index in [2.05, 4.69) is 30.9 Å². The third kappa shape index (κ3) is 3.46. The quantitative estimate of drug-likeness (QED) is 0.943. The Morgan fingerprint density at radius 1 is 1.35 bits per heavy atom. The Hall–Kier alpha value is -2.11. The number of hydrogen-bond acceptors (Lipinski definition) is 5. The Balaban J connectivity index is 1.77. The molecule has 2 aromatic rings. The minimum atomic E-state index is -0.414. The van der Waals surface area contributed by atoms with Crippen molar-refractivity contribution in [1.29, 1.82) is 0 Å². The van der Waals surface area contributed by atoms with Crippen molar-refractivity contribution in [3.8, 4) is 5.75 Å². The number of aromatic hydroxyl groups is 1. The molecule has 23 heavy (non-hydrogen) atoms. The van der Waals surface area contributed by atoms with Gasteiger partial charge in [-0.05, 0) is 25.0 Å². The van der Waals surface area contributed by atoms with Crippen LogP contribution in [0.4, 0.5) is 0 Å². The first-order chi connectivity index (χ1) is 11.0. The van der Waals surface area contributed by atoms with Crippen molar-refractivity contribution < 1.29 is 14.3 Å². The molecule has 2 heterocycles. The van der Waals surface area contributed by atoms with Crippen LogP contribution in [0.5, 0.6) is 5.75 Å². The first kappa shape index (κ1) is 15.8. The summed E-state index contributed by atoms with van der Waals surface area (Å²) >= 11 is 0. The van der Waals surface area contributed by atoms with Gasteiger partial charge in [0.05, 0.1) is 19.3 Å². The van der Waals surface area contributed by atoms with Gasteiger partial charge in [-0.25, -0.2) is 0 Å². The summed E-state index contributed by atoms with van der Waals surface area (Å²) in [7, 11) is 0. The van der Waals surface area contributed by atoms with E-state index in [0.29, 0.717) is 18.9 Å². The molecule has 5 nitrogen and oxygen atoms in total. The predicted octanol–water partition coefficient (Wildman–Crippen LogP) is 2.62.